The van der Waals surface area contributed by atoms with Gasteiger partial charge in [-0.1, -0.05) is 19.8 Å². The van der Waals surface area contributed by atoms with Crippen molar-refractivity contribution in [3.05, 3.63) is 58.7 Å². The van der Waals surface area contributed by atoms with E-state index < -0.39 is 19.1 Å². The number of nitrogens with zero attached hydrogens (tertiary/aromatic N) is 4. The van der Waals surface area contributed by atoms with Crippen LogP contribution >= 0.6 is 0 Å². The monoisotopic (exact) mass is 419 g/mol. The number of pyridine rings is 2. The number of fused-ring (bicyclic) bond motifs is 2. The van der Waals surface area contributed by atoms with E-state index in [1.54, 1.807) is 12.3 Å². The van der Waals surface area contributed by atoms with Crippen molar-refractivity contribution >= 4 is 23.3 Å². The zero-order chi connectivity index (χ0) is 24.0. The third-order valence-electron chi connectivity index (χ3n) is 6.59. The molecule has 0 bridgehead atoms. The average molecular weight is 420 g/mol. The number of rotatable bonds is 6. The van der Waals surface area contributed by atoms with E-state index in [-0.39, 0.29) is 11.5 Å². The lowest BCUT2D eigenvalue weighted by Crippen LogP contribution is -2.46. The quantitative estimate of drug-likeness (QED) is 0.668. The summed E-state index contributed by atoms with van der Waals surface area (Å²) in [5, 5.41) is 0. The number of allylic oxidation sites excluding steroid dienone is 1. The van der Waals surface area contributed by atoms with Crippen LogP contribution in [0.4, 0.5) is 5.69 Å². The number of carbonyl (C=O) groups excluding carboxylic acids is 2. The number of ketones is 2. The lowest BCUT2D eigenvalue weighted by molar-refractivity contribution is -0.115. The summed E-state index contributed by atoms with van der Waals surface area (Å²) in [5.74, 6) is -0.257. The van der Waals surface area contributed by atoms with Crippen LogP contribution in [0.5, 0.6) is 0 Å². The van der Waals surface area contributed by atoms with Crippen LogP contribution in [0.15, 0.2) is 36.2 Å². The molecule has 160 valence electrons. The first kappa shape index (κ1) is 16.8. The number of hydrogen-bond acceptors (Lipinski definition) is 6. The van der Waals surface area contributed by atoms with Gasteiger partial charge in [-0.15, -0.1) is 0 Å². The first-order valence-corrected chi connectivity index (χ1v) is 10.9. The summed E-state index contributed by atoms with van der Waals surface area (Å²) >= 11 is 0. The lowest BCUT2D eigenvalue weighted by Gasteiger charge is -2.35. The second-order valence-electron chi connectivity index (χ2n) is 8.55. The molecule has 2 fully saturated rings. The fraction of sp³-hybridized carbons (Fsp3) is 0.440. The average Bonchev–Trinajstić information content (AvgIpc) is 3.59. The summed E-state index contributed by atoms with van der Waals surface area (Å²) < 4.78 is 21.8. The second kappa shape index (κ2) is 8.00. The van der Waals surface area contributed by atoms with Gasteiger partial charge in [0.05, 0.1) is 17.6 Å². The Hall–Kier alpha value is -2.86. The molecule has 5 rings (SSSR count). The van der Waals surface area contributed by atoms with E-state index in [9.17, 15) is 9.59 Å². The molecule has 1 saturated heterocycles. The molecule has 2 aromatic rings. The Morgan fingerprint density at radius 3 is 2.90 bits per heavy atom. The molecule has 31 heavy (non-hydrogen) atoms. The summed E-state index contributed by atoms with van der Waals surface area (Å²) in [4.78, 5) is 38.1. The van der Waals surface area contributed by atoms with Crippen molar-refractivity contribution in [1.82, 2.24) is 14.9 Å². The van der Waals surface area contributed by atoms with E-state index in [1.807, 2.05) is 25.3 Å². The molecule has 0 unspecified atom stereocenters. The van der Waals surface area contributed by atoms with Gasteiger partial charge in [0.15, 0.2) is 11.6 Å². The van der Waals surface area contributed by atoms with Gasteiger partial charge in [-0.3, -0.25) is 24.5 Å². The lowest BCUT2D eigenvalue weighted by atomic mass is 9.92. The van der Waals surface area contributed by atoms with Crippen molar-refractivity contribution in [2.75, 3.05) is 18.0 Å². The number of anilines is 1. The Balaban J connectivity index is 1.21. The Bertz CT molecular complexity index is 1160. The van der Waals surface area contributed by atoms with Crippen molar-refractivity contribution in [2.45, 2.75) is 58.1 Å². The van der Waals surface area contributed by atoms with Gasteiger partial charge in [0.2, 0.25) is 0 Å². The van der Waals surface area contributed by atoms with Crippen LogP contribution in [0.25, 0.3) is 6.08 Å². The summed E-state index contributed by atoms with van der Waals surface area (Å²) in [6.45, 7) is 2.28. The van der Waals surface area contributed by atoms with Gasteiger partial charge in [0.1, 0.15) is 5.69 Å². The number of piperazine rings is 1. The van der Waals surface area contributed by atoms with Crippen LogP contribution in [0.3, 0.4) is 0 Å². The SMILES string of the molecule is [2H]C([2H])([2H])CC(=O)c1ccc(N2CCN(Cc3cnc4c(c3)CC(=O)C(CC)=C4)[C@H]3C[C@H]32)cn1. The molecule has 2 atom stereocenters. The van der Waals surface area contributed by atoms with Crippen LogP contribution in [0.1, 0.15) is 64.5 Å². The molecule has 0 N–H and O–H groups in total. The maximum Gasteiger partial charge on any atom is 0.180 e. The Kier molecular flexibility index (Phi) is 4.33. The largest absolute Gasteiger partial charge is 0.364 e. The van der Waals surface area contributed by atoms with Crippen LogP contribution in [-0.4, -0.2) is 51.6 Å². The minimum atomic E-state index is -2.28. The van der Waals surface area contributed by atoms with E-state index in [4.69, 9.17) is 4.11 Å². The van der Waals surface area contributed by atoms with Gasteiger partial charge in [-0.05, 0) is 47.8 Å². The van der Waals surface area contributed by atoms with Gasteiger partial charge in [-0.25, -0.2) is 0 Å². The van der Waals surface area contributed by atoms with E-state index in [0.717, 1.165) is 60.6 Å². The first-order chi connectivity index (χ1) is 16.2. The highest BCUT2D eigenvalue weighted by atomic mass is 16.1. The predicted molar refractivity (Wildman–Crippen MR) is 120 cm³/mol. The van der Waals surface area contributed by atoms with Gasteiger partial charge >= 0.3 is 0 Å². The highest BCUT2D eigenvalue weighted by Crippen LogP contribution is 2.40. The van der Waals surface area contributed by atoms with E-state index in [0.29, 0.717) is 18.5 Å². The molecule has 2 aromatic heterocycles. The Labute approximate surface area is 187 Å². The molecular weight excluding hydrogens is 388 g/mol. The number of hydrogen-bond donors (Lipinski definition) is 0. The molecule has 3 heterocycles. The molecule has 3 aliphatic rings. The van der Waals surface area contributed by atoms with E-state index in [1.165, 1.54) is 0 Å². The minimum absolute atomic E-state index is 0.199. The molecule has 0 aromatic carbocycles. The fourth-order valence-electron chi connectivity index (χ4n) is 4.79. The highest BCUT2D eigenvalue weighted by molar-refractivity contribution is 6.03. The molecule has 6 nitrogen and oxygen atoms in total. The number of Topliss-reactive ketones (excluding diaryl/α,β-unsaturated/α-hetero) is 2. The standard InChI is InChI=1S/C25H28N4O2/c1-3-17-10-21-18(11-25(17)31)9-16(13-26-21)15-28-7-8-29(23-12-22(23)28)19-5-6-20(27-14-19)24(30)4-2/h5-6,9-10,13-14,22-23H,3-4,7-8,11-12,15H2,1-2H3/t22-,23+/m0/s1/i2D3. The van der Waals surface area contributed by atoms with Crippen molar-refractivity contribution in [3.8, 4) is 0 Å². The van der Waals surface area contributed by atoms with Crippen molar-refractivity contribution in [1.29, 1.82) is 0 Å². The van der Waals surface area contributed by atoms with Gasteiger partial charge < -0.3 is 4.90 Å². The smallest absolute Gasteiger partial charge is 0.180 e. The van der Waals surface area contributed by atoms with Gasteiger partial charge in [0, 0.05) is 54.9 Å². The van der Waals surface area contributed by atoms with Crippen LogP contribution < -0.4 is 4.90 Å². The minimum Gasteiger partial charge on any atom is -0.364 e. The topological polar surface area (TPSA) is 66.4 Å². The summed E-state index contributed by atoms with van der Waals surface area (Å²) in [6, 6.07) is 6.49. The first-order valence-electron chi connectivity index (χ1n) is 12.4. The normalized spacial score (nSPS) is 24.4. The zero-order valence-corrected chi connectivity index (χ0v) is 17.7. The molecule has 2 aliphatic carbocycles. The molecule has 0 amide bonds. The highest BCUT2D eigenvalue weighted by Gasteiger charge is 2.48. The maximum atomic E-state index is 12.3. The van der Waals surface area contributed by atoms with Crippen molar-refractivity contribution < 1.29 is 13.7 Å². The summed E-state index contributed by atoms with van der Waals surface area (Å²) in [7, 11) is 0. The summed E-state index contributed by atoms with van der Waals surface area (Å²) in [6.07, 6.45) is 7.29. The van der Waals surface area contributed by atoms with Crippen LogP contribution in [0.2, 0.25) is 0 Å². The number of aromatic nitrogens is 2. The van der Waals surface area contributed by atoms with Crippen molar-refractivity contribution in [3.63, 3.8) is 0 Å². The van der Waals surface area contributed by atoms with Crippen molar-refractivity contribution in [2.24, 2.45) is 0 Å². The zero-order valence-electron chi connectivity index (χ0n) is 20.7. The third kappa shape index (κ3) is 3.81. The van der Waals surface area contributed by atoms with Crippen LogP contribution in [-0.2, 0) is 17.8 Å². The molecule has 6 heteroatoms. The predicted octanol–water partition coefficient (Wildman–Crippen LogP) is 3.45. The van der Waals surface area contributed by atoms with E-state index >= 15 is 0 Å². The molecular formula is C25H28N4O2. The van der Waals surface area contributed by atoms with E-state index in [2.05, 4.69) is 25.8 Å². The Morgan fingerprint density at radius 1 is 1.23 bits per heavy atom. The fourth-order valence-corrected chi connectivity index (χ4v) is 4.79. The second-order valence-corrected chi connectivity index (χ2v) is 8.55. The Morgan fingerprint density at radius 2 is 2.13 bits per heavy atom. The number of carbonyl (C=O) groups is 2. The molecule has 1 saturated carbocycles. The van der Waals surface area contributed by atoms with Gasteiger partial charge in [0.25, 0.3) is 0 Å². The summed E-state index contributed by atoms with van der Waals surface area (Å²) in [5.41, 5.74) is 5.09. The van der Waals surface area contributed by atoms with Crippen LogP contribution in [0, 0.1) is 0 Å². The third-order valence-corrected chi connectivity index (χ3v) is 6.59. The molecule has 0 spiro atoms. The van der Waals surface area contributed by atoms with Gasteiger partial charge in [-0.2, -0.15) is 0 Å². The maximum absolute atomic E-state index is 12.3. The molecule has 1 aliphatic heterocycles. The molecule has 0 radical (unpaired) electrons.